The zero-order chi connectivity index (χ0) is 20.8. The van der Waals surface area contributed by atoms with Crippen LogP contribution in [-0.4, -0.2) is 50.4 Å². The number of carbonyl (C=O) groups excluding carboxylic acids is 1. The lowest BCUT2D eigenvalue weighted by atomic mass is 10.00. The minimum Gasteiger partial charge on any atom is -0.493 e. The first kappa shape index (κ1) is 20.5. The van der Waals surface area contributed by atoms with E-state index in [-0.39, 0.29) is 0 Å². The third kappa shape index (κ3) is 4.98. The first-order chi connectivity index (χ1) is 14.0. The van der Waals surface area contributed by atoms with Gasteiger partial charge in [0.25, 0.3) is 0 Å². The third-order valence-electron chi connectivity index (χ3n) is 4.89. The fraction of sp³-hybridized carbons (Fsp3) is 0.450. The molecule has 2 heterocycles. The monoisotopic (exact) mass is 401 g/mol. The number of amides is 2. The number of nitrogens with zero attached hydrogens (tertiary/aromatic N) is 3. The second kappa shape index (κ2) is 9.31. The summed E-state index contributed by atoms with van der Waals surface area (Å²) in [7, 11) is 4.56. The van der Waals surface area contributed by atoms with Crippen molar-refractivity contribution >= 4 is 23.4 Å². The first-order valence-corrected chi connectivity index (χ1v) is 9.49. The van der Waals surface area contributed by atoms with Gasteiger partial charge in [0.15, 0.2) is 11.5 Å². The van der Waals surface area contributed by atoms with Crippen molar-refractivity contribution in [3.63, 3.8) is 0 Å². The molecule has 1 saturated heterocycles. The Morgan fingerprint density at radius 2 is 1.52 bits per heavy atom. The Kier molecular flexibility index (Phi) is 6.58. The van der Waals surface area contributed by atoms with Gasteiger partial charge in [0.2, 0.25) is 11.7 Å². The van der Waals surface area contributed by atoms with E-state index >= 15 is 0 Å². The van der Waals surface area contributed by atoms with Gasteiger partial charge in [-0.1, -0.05) is 6.92 Å². The second-order valence-electron chi connectivity index (χ2n) is 6.93. The first-order valence-electron chi connectivity index (χ1n) is 9.49. The van der Waals surface area contributed by atoms with Crippen LogP contribution in [0, 0.1) is 5.92 Å². The number of urea groups is 1. The van der Waals surface area contributed by atoms with Crippen molar-refractivity contribution < 1.29 is 19.0 Å². The molecular formula is C20H27N5O4. The summed E-state index contributed by atoms with van der Waals surface area (Å²) in [4.78, 5) is 23.3. The average Bonchev–Trinajstić information content (AvgIpc) is 2.74. The molecule has 0 spiro atoms. The minimum absolute atomic E-state index is 0.428. The van der Waals surface area contributed by atoms with E-state index < -0.39 is 6.03 Å². The smallest absolute Gasteiger partial charge is 0.323 e. The van der Waals surface area contributed by atoms with Crippen LogP contribution >= 0.6 is 0 Å². The molecule has 1 fully saturated rings. The maximum absolute atomic E-state index is 12.4. The Labute approximate surface area is 170 Å². The SMILES string of the molecule is COc1cc(NC(=O)Nc2cnc(N3CCC(C)CC3)nc2)cc(OC)c1OC. The number of nitrogens with one attached hydrogen (secondary N) is 2. The van der Waals surface area contributed by atoms with Crippen molar-refractivity contribution in [3.05, 3.63) is 24.5 Å². The molecule has 1 aromatic carbocycles. The summed E-state index contributed by atoms with van der Waals surface area (Å²) < 4.78 is 15.9. The van der Waals surface area contributed by atoms with Gasteiger partial charge in [-0.15, -0.1) is 0 Å². The van der Waals surface area contributed by atoms with E-state index in [1.807, 2.05) is 0 Å². The quantitative estimate of drug-likeness (QED) is 0.766. The molecule has 3 rings (SSSR count). The van der Waals surface area contributed by atoms with Gasteiger partial charge < -0.3 is 29.7 Å². The summed E-state index contributed by atoms with van der Waals surface area (Å²) >= 11 is 0. The molecule has 0 bridgehead atoms. The number of aromatic nitrogens is 2. The Bertz CT molecular complexity index is 810. The molecule has 29 heavy (non-hydrogen) atoms. The van der Waals surface area contributed by atoms with Crippen LogP contribution in [0.3, 0.4) is 0 Å². The number of carbonyl (C=O) groups is 1. The standard InChI is InChI=1S/C20H27N5O4/c1-13-5-7-25(8-6-13)19-21-11-15(12-22-19)24-20(26)23-14-9-16(27-2)18(29-4)17(10-14)28-3/h9-13H,5-8H2,1-4H3,(H2,23,24,26). The Balaban J connectivity index is 1.63. The fourth-order valence-corrected chi connectivity index (χ4v) is 3.20. The molecule has 0 radical (unpaired) electrons. The van der Waals surface area contributed by atoms with Gasteiger partial charge in [0.1, 0.15) is 0 Å². The molecule has 0 saturated carbocycles. The summed E-state index contributed by atoms with van der Waals surface area (Å²) in [5, 5.41) is 5.47. The maximum Gasteiger partial charge on any atom is 0.323 e. The van der Waals surface area contributed by atoms with Gasteiger partial charge in [-0.05, 0) is 18.8 Å². The van der Waals surface area contributed by atoms with E-state index in [2.05, 4.69) is 32.4 Å². The van der Waals surface area contributed by atoms with Crippen LogP contribution in [0.2, 0.25) is 0 Å². The lowest BCUT2D eigenvalue weighted by molar-refractivity contribution is 0.262. The Morgan fingerprint density at radius 3 is 2.03 bits per heavy atom. The van der Waals surface area contributed by atoms with Crippen molar-refractivity contribution in [2.75, 3.05) is 50.0 Å². The highest BCUT2D eigenvalue weighted by atomic mass is 16.5. The number of benzene rings is 1. The highest BCUT2D eigenvalue weighted by Gasteiger charge is 2.18. The van der Waals surface area contributed by atoms with Crippen LogP contribution in [-0.2, 0) is 0 Å². The zero-order valence-corrected chi connectivity index (χ0v) is 17.2. The van der Waals surface area contributed by atoms with Crippen LogP contribution in [0.15, 0.2) is 24.5 Å². The molecule has 9 heteroatoms. The number of hydrogen-bond acceptors (Lipinski definition) is 7. The predicted octanol–water partition coefficient (Wildman–Crippen LogP) is 3.38. The molecule has 2 N–H and O–H groups in total. The number of anilines is 3. The van der Waals surface area contributed by atoms with Crippen LogP contribution < -0.4 is 29.7 Å². The van der Waals surface area contributed by atoms with Crippen LogP contribution in [0.25, 0.3) is 0 Å². The molecular weight excluding hydrogens is 374 g/mol. The van der Waals surface area contributed by atoms with E-state index in [9.17, 15) is 4.79 Å². The minimum atomic E-state index is -0.428. The van der Waals surface area contributed by atoms with E-state index in [0.717, 1.165) is 31.8 Å². The van der Waals surface area contributed by atoms with Crippen LogP contribution in [0.4, 0.5) is 22.1 Å². The van der Waals surface area contributed by atoms with Gasteiger partial charge in [-0.25, -0.2) is 14.8 Å². The summed E-state index contributed by atoms with van der Waals surface area (Å²) in [5.74, 6) is 2.78. The van der Waals surface area contributed by atoms with Crippen molar-refractivity contribution in [1.82, 2.24) is 9.97 Å². The topological polar surface area (TPSA) is 97.8 Å². The highest BCUT2D eigenvalue weighted by Crippen LogP contribution is 2.39. The molecule has 0 aliphatic carbocycles. The Morgan fingerprint density at radius 1 is 0.966 bits per heavy atom. The van der Waals surface area contributed by atoms with E-state index in [0.29, 0.717) is 34.6 Å². The van der Waals surface area contributed by atoms with Gasteiger partial charge >= 0.3 is 6.03 Å². The summed E-state index contributed by atoms with van der Waals surface area (Å²) in [6.45, 7) is 4.17. The lowest BCUT2D eigenvalue weighted by Gasteiger charge is -2.30. The lowest BCUT2D eigenvalue weighted by Crippen LogP contribution is -2.34. The zero-order valence-electron chi connectivity index (χ0n) is 17.2. The predicted molar refractivity (Wildman–Crippen MR) is 111 cm³/mol. The normalized spacial score (nSPS) is 14.3. The fourth-order valence-electron chi connectivity index (χ4n) is 3.20. The number of rotatable bonds is 6. The van der Waals surface area contributed by atoms with Crippen LogP contribution in [0.5, 0.6) is 17.2 Å². The van der Waals surface area contributed by atoms with Gasteiger partial charge in [0.05, 0.1) is 45.1 Å². The molecule has 1 aromatic heterocycles. The van der Waals surface area contributed by atoms with Crippen molar-refractivity contribution in [1.29, 1.82) is 0 Å². The molecule has 0 atom stereocenters. The summed E-state index contributed by atoms with van der Waals surface area (Å²) in [5.41, 5.74) is 1.00. The highest BCUT2D eigenvalue weighted by molar-refractivity contribution is 6.00. The maximum atomic E-state index is 12.4. The summed E-state index contributed by atoms with van der Waals surface area (Å²) in [6.07, 6.45) is 5.49. The number of hydrogen-bond donors (Lipinski definition) is 2. The molecule has 9 nitrogen and oxygen atoms in total. The van der Waals surface area contributed by atoms with Crippen LogP contribution in [0.1, 0.15) is 19.8 Å². The molecule has 2 aromatic rings. The third-order valence-corrected chi connectivity index (χ3v) is 4.89. The second-order valence-corrected chi connectivity index (χ2v) is 6.93. The number of piperidine rings is 1. The van der Waals surface area contributed by atoms with Gasteiger partial charge in [0, 0.05) is 25.2 Å². The summed E-state index contributed by atoms with van der Waals surface area (Å²) in [6, 6.07) is 2.87. The van der Waals surface area contributed by atoms with Crippen molar-refractivity contribution in [2.45, 2.75) is 19.8 Å². The molecule has 1 aliphatic heterocycles. The van der Waals surface area contributed by atoms with E-state index in [1.165, 1.54) is 21.3 Å². The molecule has 156 valence electrons. The molecule has 2 amide bonds. The number of methoxy groups -OCH3 is 3. The van der Waals surface area contributed by atoms with Gasteiger partial charge in [-0.2, -0.15) is 0 Å². The van der Waals surface area contributed by atoms with Crippen molar-refractivity contribution in [3.8, 4) is 17.2 Å². The molecule has 1 aliphatic rings. The Hall–Kier alpha value is -3.23. The molecule has 0 unspecified atom stereocenters. The number of ether oxygens (including phenoxy) is 3. The van der Waals surface area contributed by atoms with E-state index in [4.69, 9.17) is 14.2 Å². The van der Waals surface area contributed by atoms with Gasteiger partial charge in [-0.3, -0.25) is 0 Å². The van der Waals surface area contributed by atoms with Crippen molar-refractivity contribution in [2.24, 2.45) is 5.92 Å². The van der Waals surface area contributed by atoms with E-state index in [1.54, 1.807) is 24.5 Å². The largest absolute Gasteiger partial charge is 0.493 e. The average molecular weight is 401 g/mol.